The van der Waals surface area contributed by atoms with Crippen molar-refractivity contribution < 1.29 is 18.9 Å². The van der Waals surface area contributed by atoms with Crippen molar-refractivity contribution in [1.82, 2.24) is 0 Å². The zero-order chi connectivity index (χ0) is 14.4. The number of hydrogen-bond donors (Lipinski definition) is 0. The van der Waals surface area contributed by atoms with Crippen LogP contribution in [0.5, 0.6) is 0 Å². The summed E-state index contributed by atoms with van der Waals surface area (Å²) in [5.74, 6) is -0.912. The summed E-state index contributed by atoms with van der Waals surface area (Å²) in [5.41, 5.74) is 1.19. The van der Waals surface area contributed by atoms with Gasteiger partial charge in [0.05, 0.1) is 18.8 Å². The van der Waals surface area contributed by atoms with Gasteiger partial charge in [-0.25, -0.2) is 0 Å². The lowest BCUT2D eigenvalue weighted by Gasteiger charge is -2.20. The van der Waals surface area contributed by atoms with Crippen LogP contribution in [0.3, 0.4) is 0 Å². The molecule has 1 heterocycles. The van der Waals surface area contributed by atoms with Crippen molar-refractivity contribution in [2.24, 2.45) is 0 Å². The summed E-state index contributed by atoms with van der Waals surface area (Å²) in [7, 11) is 1.60. The maximum atomic E-state index is 5.83. The van der Waals surface area contributed by atoms with Crippen molar-refractivity contribution in [1.29, 1.82) is 0 Å². The molecule has 4 heteroatoms. The Morgan fingerprint density at radius 3 is 2.50 bits per heavy atom. The van der Waals surface area contributed by atoms with Gasteiger partial charge in [0.25, 0.3) is 5.97 Å². The summed E-state index contributed by atoms with van der Waals surface area (Å²) >= 11 is 0. The molecule has 2 rings (SSSR count). The van der Waals surface area contributed by atoms with E-state index in [4.69, 9.17) is 18.9 Å². The lowest BCUT2D eigenvalue weighted by Crippen LogP contribution is -2.29. The van der Waals surface area contributed by atoms with Gasteiger partial charge in [-0.2, -0.15) is 0 Å². The van der Waals surface area contributed by atoms with Crippen LogP contribution in [-0.4, -0.2) is 31.9 Å². The fourth-order valence-electron chi connectivity index (χ4n) is 2.38. The van der Waals surface area contributed by atoms with Crippen molar-refractivity contribution in [3.05, 3.63) is 35.9 Å². The molecule has 4 nitrogen and oxygen atoms in total. The lowest BCUT2D eigenvalue weighted by molar-refractivity contribution is -0.318. The van der Waals surface area contributed by atoms with Gasteiger partial charge in [0.1, 0.15) is 0 Å². The van der Waals surface area contributed by atoms with E-state index in [1.807, 2.05) is 18.2 Å². The minimum atomic E-state index is -0.912. The Labute approximate surface area is 121 Å². The molecule has 1 saturated heterocycles. The summed E-state index contributed by atoms with van der Waals surface area (Å²) in [5, 5.41) is 0. The number of benzene rings is 1. The molecule has 0 amide bonds. The van der Waals surface area contributed by atoms with E-state index in [0.717, 1.165) is 12.8 Å². The number of ether oxygens (including phenoxy) is 4. The molecular formula is C16H24O4. The van der Waals surface area contributed by atoms with E-state index in [0.29, 0.717) is 13.2 Å². The molecular weight excluding hydrogens is 256 g/mol. The smallest absolute Gasteiger partial charge is 0.280 e. The maximum absolute atomic E-state index is 5.83. The molecule has 1 fully saturated rings. The second kappa shape index (κ2) is 7.18. The van der Waals surface area contributed by atoms with Gasteiger partial charge in [0, 0.05) is 20.6 Å². The number of hydrogen-bond acceptors (Lipinski definition) is 4. The summed E-state index contributed by atoms with van der Waals surface area (Å²) in [6.45, 7) is 5.18. The van der Waals surface area contributed by atoms with Crippen LogP contribution < -0.4 is 0 Å². The largest absolute Gasteiger partial charge is 0.377 e. The predicted octanol–water partition coefficient (Wildman–Crippen LogP) is 3.11. The molecule has 0 spiro atoms. The zero-order valence-corrected chi connectivity index (χ0v) is 12.5. The molecule has 1 aliphatic heterocycles. The average Bonchev–Trinajstić information content (AvgIpc) is 2.82. The van der Waals surface area contributed by atoms with E-state index in [2.05, 4.69) is 19.1 Å². The third kappa shape index (κ3) is 4.03. The highest BCUT2D eigenvalue weighted by molar-refractivity contribution is 5.13. The highest BCUT2D eigenvalue weighted by atomic mass is 16.9. The van der Waals surface area contributed by atoms with Gasteiger partial charge in [0.2, 0.25) is 0 Å². The van der Waals surface area contributed by atoms with Gasteiger partial charge in [-0.1, -0.05) is 37.3 Å². The molecule has 1 unspecified atom stereocenters. The first-order chi connectivity index (χ1) is 9.67. The SMILES string of the molecule is CC[C@H]1OC(C)(OC)O[C@H]1CCOCc1ccccc1. The quantitative estimate of drug-likeness (QED) is 0.719. The third-order valence-corrected chi connectivity index (χ3v) is 3.58. The van der Waals surface area contributed by atoms with Crippen molar-refractivity contribution in [2.45, 2.75) is 51.5 Å². The first-order valence-electron chi connectivity index (χ1n) is 7.19. The van der Waals surface area contributed by atoms with Crippen LogP contribution in [0.1, 0.15) is 32.3 Å². The minimum Gasteiger partial charge on any atom is -0.377 e. The van der Waals surface area contributed by atoms with E-state index in [1.54, 1.807) is 14.0 Å². The Hall–Kier alpha value is -0.940. The summed E-state index contributed by atoms with van der Waals surface area (Å²) in [6, 6.07) is 10.2. The van der Waals surface area contributed by atoms with E-state index in [-0.39, 0.29) is 12.2 Å². The molecule has 112 valence electrons. The van der Waals surface area contributed by atoms with E-state index in [9.17, 15) is 0 Å². The Kier molecular flexibility index (Phi) is 5.54. The number of methoxy groups -OCH3 is 1. The van der Waals surface area contributed by atoms with Crippen molar-refractivity contribution in [3.8, 4) is 0 Å². The van der Waals surface area contributed by atoms with Crippen molar-refractivity contribution >= 4 is 0 Å². The Morgan fingerprint density at radius 1 is 1.15 bits per heavy atom. The van der Waals surface area contributed by atoms with Gasteiger partial charge >= 0.3 is 0 Å². The van der Waals surface area contributed by atoms with Crippen LogP contribution in [0, 0.1) is 0 Å². The molecule has 1 aromatic carbocycles. The topological polar surface area (TPSA) is 36.9 Å². The molecule has 0 aliphatic carbocycles. The third-order valence-electron chi connectivity index (χ3n) is 3.58. The van der Waals surface area contributed by atoms with Crippen LogP contribution >= 0.6 is 0 Å². The van der Waals surface area contributed by atoms with Crippen LogP contribution in [0.15, 0.2) is 30.3 Å². The Morgan fingerprint density at radius 2 is 1.85 bits per heavy atom. The molecule has 0 aromatic heterocycles. The molecule has 3 atom stereocenters. The highest BCUT2D eigenvalue weighted by Gasteiger charge is 2.43. The summed E-state index contributed by atoms with van der Waals surface area (Å²) in [6.07, 6.45) is 1.81. The standard InChI is InChI=1S/C16H24O4/c1-4-14-15(20-16(2,17-3)19-14)10-11-18-12-13-8-6-5-7-9-13/h5-9,14-15H,4,10-12H2,1-3H3/t14-,15+,16?/m1/s1. The summed E-state index contributed by atoms with van der Waals surface area (Å²) in [4.78, 5) is 0. The maximum Gasteiger partial charge on any atom is 0.280 e. The fraction of sp³-hybridized carbons (Fsp3) is 0.625. The van der Waals surface area contributed by atoms with E-state index in [1.165, 1.54) is 5.56 Å². The molecule has 0 N–H and O–H groups in total. The Bertz CT molecular complexity index is 395. The average molecular weight is 280 g/mol. The van der Waals surface area contributed by atoms with Crippen LogP contribution in [-0.2, 0) is 25.6 Å². The normalized spacial score (nSPS) is 29.8. The van der Waals surface area contributed by atoms with Gasteiger partial charge in [0.15, 0.2) is 0 Å². The fourth-order valence-corrected chi connectivity index (χ4v) is 2.38. The van der Waals surface area contributed by atoms with Gasteiger partial charge in [-0.15, -0.1) is 0 Å². The summed E-state index contributed by atoms with van der Waals surface area (Å²) < 4.78 is 22.6. The highest BCUT2D eigenvalue weighted by Crippen LogP contribution is 2.32. The molecule has 1 aliphatic rings. The second-order valence-corrected chi connectivity index (χ2v) is 5.11. The molecule has 20 heavy (non-hydrogen) atoms. The van der Waals surface area contributed by atoms with E-state index < -0.39 is 5.97 Å². The van der Waals surface area contributed by atoms with Gasteiger partial charge in [-0.3, -0.25) is 0 Å². The van der Waals surface area contributed by atoms with Crippen LogP contribution in [0.25, 0.3) is 0 Å². The van der Waals surface area contributed by atoms with E-state index >= 15 is 0 Å². The zero-order valence-electron chi connectivity index (χ0n) is 12.5. The second-order valence-electron chi connectivity index (χ2n) is 5.11. The molecule has 0 bridgehead atoms. The van der Waals surface area contributed by atoms with Gasteiger partial charge in [-0.05, 0) is 18.4 Å². The Balaban J connectivity index is 1.73. The number of rotatable bonds is 7. The van der Waals surface area contributed by atoms with Crippen molar-refractivity contribution in [3.63, 3.8) is 0 Å². The lowest BCUT2D eigenvalue weighted by atomic mass is 10.1. The molecule has 0 radical (unpaired) electrons. The monoisotopic (exact) mass is 280 g/mol. The van der Waals surface area contributed by atoms with Gasteiger partial charge < -0.3 is 18.9 Å². The first-order valence-corrected chi connectivity index (χ1v) is 7.19. The minimum absolute atomic E-state index is 0.0284. The predicted molar refractivity (Wildman–Crippen MR) is 76.2 cm³/mol. The first kappa shape index (κ1) is 15.4. The van der Waals surface area contributed by atoms with Crippen LogP contribution in [0.4, 0.5) is 0 Å². The van der Waals surface area contributed by atoms with Crippen LogP contribution in [0.2, 0.25) is 0 Å². The van der Waals surface area contributed by atoms with Crippen molar-refractivity contribution in [2.75, 3.05) is 13.7 Å². The molecule has 1 aromatic rings. The molecule has 0 saturated carbocycles.